The maximum atomic E-state index is 6.15. The van der Waals surface area contributed by atoms with Crippen LogP contribution < -0.4 is 0 Å². The van der Waals surface area contributed by atoms with Crippen molar-refractivity contribution < 1.29 is 8.85 Å². The zero-order chi connectivity index (χ0) is 17.2. The maximum absolute atomic E-state index is 6.15. The molecule has 0 atom stereocenters. The van der Waals surface area contributed by atoms with Crippen LogP contribution in [0.1, 0.15) is 90.9 Å². The number of hydrogen-bond acceptors (Lipinski definition) is 2. The first-order valence-electron chi connectivity index (χ1n) is 10.0. The minimum Gasteiger partial charge on any atom is -0.394 e. The van der Waals surface area contributed by atoms with Crippen molar-refractivity contribution in [3.05, 3.63) is 0 Å². The summed E-state index contributed by atoms with van der Waals surface area (Å²) in [5, 5.41) is 0. The summed E-state index contributed by atoms with van der Waals surface area (Å²) in [4.78, 5) is 0. The Kier molecular flexibility index (Phi) is 17.6. The van der Waals surface area contributed by atoms with Crippen LogP contribution in [0.15, 0.2) is 0 Å². The van der Waals surface area contributed by atoms with Crippen molar-refractivity contribution in [2.45, 2.75) is 103 Å². The molecule has 0 saturated heterocycles. The molecule has 140 valence electrons. The topological polar surface area (TPSA) is 18.5 Å². The van der Waals surface area contributed by atoms with Crippen LogP contribution in [-0.2, 0) is 8.85 Å². The Morgan fingerprint density at radius 1 is 0.652 bits per heavy atom. The monoisotopic (exact) mass is 364 g/mol. The first kappa shape index (κ1) is 23.4. The Balaban J connectivity index is 3.69. The van der Waals surface area contributed by atoms with Crippen LogP contribution in [0.2, 0.25) is 12.6 Å². The van der Waals surface area contributed by atoms with Crippen LogP contribution in [0.3, 0.4) is 0 Å². The van der Waals surface area contributed by atoms with E-state index in [9.17, 15) is 0 Å². The van der Waals surface area contributed by atoms with Gasteiger partial charge < -0.3 is 8.85 Å². The summed E-state index contributed by atoms with van der Waals surface area (Å²) < 4.78 is 12.3. The van der Waals surface area contributed by atoms with E-state index in [2.05, 4.69) is 20.4 Å². The molecule has 0 unspecified atom stereocenters. The lowest BCUT2D eigenvalue weighted by Crippen LogP contribution is -2.39. The predicted molar refractivity (Wildman–Crippen MR) is 106 cm³/mol. The molecule has 0 amide bonds. The molecule has 0 aliphatic carbocycles. The van der Waals surface area contributed by atoms with Crippen LogP contribution in [0.4, 0.5) is 0 Å². The summed E-state index contributed by atoms with van der Waals surface area (Å²) in [7, 11) is -2.03. The summed E-state index contributed by atoms with van der Waals surface area (Å²) in [6.07, 6.45) is 15.6. The molecule has 23 heavy (non-hydrogen) atoms. The molecule has 0 aliphatic rings. The molecule has 0 aromatic rings. The molecule has 0 bridgehead atoms. The Bertz CT molecular complexity index is 221. The van der Waals surface area contributed by atoms with E-state index >= 15 is 0 Å². The first-order chi connectivity index (χ1) is 11.2. The highest BCUT2D eigenvalue weighted by molar-refractivity contribution is 6.66. The van der Waals surface area contributed by atoms with Gasteiger partial charge in [-0.25, -0.2) is 0 Å². The van der Waals surface area contributed by atoms with Gasteiger partial charge in [0.2, 0.25) is 0 Å². The smallest absolute Gasteiger partial charge is 0.336 e. The highest BCUT2D eigenvalue weighted by atomic mass is 35.5. The lowest BCUT2D eigenvalue weighted by molar-refractivity contribution is 0.168. The van der Waals surface area contributed by atoms with E-state index in [1.807, 2.05) is 0 Å². The SMILES string of the molecule is CCCCCCCCO[Si](C)(CCCl)OCCCCCCCC. The van der Waals surface area contributed by atoms with E-state index < -0.39 is 8.56 Å². The Morgan fingerprint density at radius 3 is 1.43 bits per heavy atom. The fourth-order valence-corrected chi connectivity index (χ4v) is 5.60. The highest BCUT2D eigenvalue weighted by Crippen LogP contribution is 2.17. The maximum Gasteiger partial charge on any atom is 0.336 e. The van der Waals surface area contributed by atoms with E-state index in [1.54, 1.807) is 0 Å². The summed E-state index contributed by atoms with van der Waals surface area (Å²) in [6.45, 7) is 8.40. The van der Waals surface area contributed by atoms with Gasteiger partial charge >= 0.3 is 8.56 Å². The van der Waals surface area contributed by atoms with E-state index in [0.717, 1.165) is 32.1 Å². The second kappa shape index (κ2) is 17.3. The molecule has 0 spiro atoms. The molecule has 0 fully saturated rings. The van der Waals surface area contributed by atoms with E-state index in [0.29, 0.717) is 5.88 Å². The number of alkyl halides is 1. The quantitative estimate of drug-likeness (QED) is 0.147. The van der Waals surface area contributed by atoms with Gasteiger partial charge in [0.05, 0.1) is 0 Å². The van der Waals surface area contributed by atoms with Crippen molar-refractivity contribution in [1.29, 1.82) is 0 Å². The molecule has 2 nitrogen and oxygen atoms in total. The summed E-state index contributed by atoms with van der Waals surface area (Å²) >= 11 is 5.96. The van der Waals surface area contributed by atoms with Gasteiger partial charge in [0.1, 0.15) is 0 Å². The molecule has 0 saturated carbocycles. The van der Waals surface area contributed by atoms with Crippen molar-refractivity contribution in [2.24, 2.45) is 0 Å². The highest BCUT2D eigenvalue weighted by Gasteiger charge is 2.30. The Morgan fingerprint density at radius 2 is 1.04 bits per heavy atom. The second-order valence-corrected chi connectivity index (χ2v) is 10.5. The van der Waals surface area contributed by atoms with Crippen LogP contribution in [0.5, 0.6) is 0 Å². The van der Waals surface area contributed by atoms with Crippen LogP contribution >= 0.6 is 11.6 Å². The fraction of sp³-hybridized carbons (Fsp3) is 1.00. The van der Waals surface area contributed by atoms with Gasteiger partial charge in [-0.3, -0.25) is 0 Å². The third kappa shape index (κ3) is 15.7. The van der Waals surface area contributed by atoms with Crippen molar-refractivity contribution in [2.75, 3.05) is 19.1 Å². The minimum absolute atomic E-state index is 0.649. The van der Waals surface area contributed by atoms with E-state index in [-0.39, 0.29) is 0 Å². The number of halogens is 1. The third-order valence-corrected chi connectivity index (χ3v) is 7.65. The average Bonchev–Trinajstić information content (AvgIpc) is 2.53. The molecular weight excluding hydrogens is 324 g/mol. The van der Waals surface area contributed by atoms with Crippen molar-refractivity contribution in [3.8, 4) is 0 Å². The van der Waals surface area contributed by atoms with Gasteiger partial charge in [0.25, 0.3) is 0 Å². The fourth-order valence-electron chi connectivity index (χ4n) is 2.70. The number of hydrogen-bond donors (Lipinski definition) is 0. The molecular formula is C19H41ClO2Si. The van der Waals surface area contributed by atoms with E-state index in [4.69, 9.17) is 20.5 Å². The third-order valence-electron chi connectivity index (χ3n) is 4.36. The average molecular weight is 365 g/mol. The van der Waals surface area contributed by atoms with Gasteiger partial charge in [-0.15, -0.1) is 11.6 Å². The zero-order valence-corrected chi connectivity index (χ0v) is 17.8. The molecule has 0 N–H and O–H groups in total. The molecule has 4 heteroatoms. The van der Waals surface area contributed by atoms with Crippen LogP contribution in [0, 0.1) is 0 Å². The molecule has 0 radical (unpaired) electrons. The van der Waals surface area contributed by atoms with Crippen molar-refractivity contribution >= 4 is 20.2 Å². The lowest BCUT2D eigenvalue weighted by atomic mass is 10.1. The molecule has 0 aliphatic heterocycles. The van der Waals surface area contributed by atoms with Crippen LogP contribution in [-0.4, -0.2) is 27.7 Å². The van der Waals surface area contributed by atoms with Crippen LogP contribution in [0.25, 0.3) is 0 Å². The van der Waals surface area contributed by atoms with Gasteiger partial charge in [-0.05, 0) is 19.4 Å². The van der Waals surface area contributed by atoms with Gasteiger partial charge in [0, 0.05) is 25.1 Å². The molecule has 0 heterocycles. The Labute approximate surface area is 151 Å². The van der Waals surface area contributed by atoms with Gasteiger partial charge in [-0.2, -0.15) is 0 Å². The first-order valence-corrected chi connectivity index (χ1v) is 13.1. The minimum atomic E-state index is -2.03. The normalized spacial score (nSPS) is 12.0. The predicted octanol–water partition coefficient (Wildman–Crippen LogP) is 7.05. The number of rotatable bonds is 18. The molecule has 0 rings (SSSR count). The summed E-state index contributed by atoms with van der Waals surface area (Å²) in [5.41, 5.74) is 0. The Hall–Kier alpha value is 0.427. The standard InChI is InChI=1S/C19H41ClO2Si/c1-4-6-8-10-12-14-17-21-23(3,19-16-20)22-18-15-13-11-9-7-5-2/h4-19H2,1-3H3. The summed E-state index contributed by atoms with van der Waals surface area (Å²) in [6, 6.07) is 0.903. The van der Waals surface area contributed by atoms with Gasteiger partial charge in [0.15, 0.2) is 0 Å². The zero-order valence-electron chi connectivity index (χ0n) is 16.0. The van der Waals surface area contributed by atoms with Crippen molar-refractivity contribution in [1.82, 2.24) is 0 Å². The van der Waals surface area contributed by atoms with Crippen molar-refractivity contribution in [3.63, 3.8) is 0 Å². The number of unbranched alkanes of at least 4 members (excludes halogenated alkanes) is 10. The molecule has 0 aromatic carbocycles. The largest absolute Gasteiger partial charge is 0.394 e. The molecule has 0 aromatic heterocycles. The second-order valence-electron chi connectivity index (χ2n) is 6.81. The van der Waals surface area contributed by atoms with E-state index in [1.165, 1.54) is 64.2 Å². The lowest BCUT2D eigenvalue weighted by Gasteiger charge is -2.26. The summed E-state index contributed by atoms with van der Waals surface area (Å²) in [5.74, 6) is 0.649. The van der Waals surface area contributed by atoms with Gasteiger partial charge in [-0.1, -0.05) is 78.1 Å².